The average molecular weight is 388 g/mol. The zero-order chi connectivity index (χ0) is 20.3. The van der Waals surface area contributed by atoms with Crippen molar-refractivity contribution >= 4 is 0 Å². The average Bonchev–Trinajstić information content (AvgIpc) is 2.91. The van der Waals surface area contributed by atoms with E-state index in [2.05, 4.69) is 0 Å². The van der Waals surface area contributed by atoms with Crippen molar-refractivity contribution in [2.24, 2.45) is 0 Å². The van der Waals surface area contributed by atoms with Crippen molar-refractivity contribution in [2.75, 3.05) is 13.7 Å². The lowest BCUT2D eigenvalue weighted by molar-refractivity contribution is -0.0865. The highest BCUT2D eigenvalue weighted by atomic mass is 16.5. The van der Waals surface area contributed by atoms with Gasteiger partial charge >= 0.3 is 0 Å². The van der Waals surface area contributed by atoms with Crippen LogP contribution in [0.1, 0.15) is 43.1 Å². The van der Waals surface area contributed by atoms with Crippen LogP contribution >= 0.6 is 0 Å². The first kappa shape index (κ1) is 18.7. The Balaban J connectivity index is 1.84. The second kappa shape index (κ2) is 6.18. The second-order valence-electron chi connectivity index (χ2n) is 8.03. The van der Waals surface area contributed by atoms with E-state index in [1.807, 2.05) is 0 Å². The fourth-order valence-electron chi connectivity index (χ4n) is 3.91. The Bertz CT molecular complexity index is 931. The van der Waals surface area contributed by atoms with Crippen LogP contribution in [0.15, 0.2) is 24.3 Å². The maximum atomic E-state index is 11.4. The monoisotopic (exact) mass is 388 g/mol. The summed E-state index contributed by atoms with van der Waals surface area (Å²) in [5, 5.41) is 41.7. The fraction of sp³-hybridized carbons (Fsp3) is 0.429. The molecule has 0 saturated carbocycles. The van der Waals surface area contributed by atoms with Crippen LogP contribution in [0.3, 0.4) is 0 Å². The van der Waals surface area contributed by atoms with Crippen LogP contribution in [0.25, 0.3) is 0 Å². The van der Waals surface area contributed by atoms with Gasteiger partial charge in [0.2, 0.25) is 0 Å². The van der Waals surface area contributed by atoms with Crippen LogP contribution < -0.4 is 14.2 Å². The largest absolute Gasteiger partial charge is 0.508 e. The van der Waals surface area contributed by atoms with E-state index >= 15 is 0 Å². The molecule has 2 aliphatic heterocycles. The zero-order valence-corrected chi connectivity index (χ0v) is 16.0. The maximum Gasteiger partial charge on any atom is 0.168 e. The Morgan fingerprint density at radius 1 is 1.25 bits per heavy atom. The molecule has 7 nitrogen and oxygen atoms in total. The Kier molecular flexibility index (Phi) is 4.13. The van der Waals surface area contributed by atoms with E-state index in [4.69, 9.17) is 14.2 Å². The summed E-state index contributed by atoms with van der Waals surface area (Å²) in [4.78, 5) is 0. The number of hydrogen-bond acceptors (Lipinski definition) is 7. The lowest BCUT2D eigenvalue weighted by Crippen LogP contribution is -2.41. The first-order valence-corrected chi connectivity index (χ1v) is 9.14. The van der Waals surface area contributed by atoms with Crippen molar-refractivity contribution in [1.29, 1.82) is 0 Å². The van der Waals surface area contributed by atoms with E-state index in [1.54, 1.807) is 19.9 Å². The second-order valence-corrected chi connectivity index (χ2v) is 8.03. The minimum Gasteiger partial charge on any atom is -0.508 e. The molecule has 4 N–H and O–H groups in total. The molecule has 0 aliphatic carbocycles. The highest BCUT2D eigenvalue weighted by molar-refractivity contribution is 5.63. The molecule has 2 atom stereocenters. The lowest BCUT2D eigenvalue weighted by Gasteiger charge is -2.34. The van der Waals surface area contributed by atoms with Gasteiger partial charge < -0.3 is 34.6 Å². The van der Waals surface area contributed by atoms with Gasteiger partial charge in [-0.1, -0.05) is 0 Å². The number of phenols is 2. The van der Waals surface area contributed by atoms with Gasteiger partial charge in [-0.15, -0.1) is 0 Å². The number of aromatic hydroxyl groups is 2. The molecule has 0 aromatic heterocycles. The van der Waals surface area contributed by atoms with E-state index in [0.717, 1.165) is 0 Å². The van der Waals surface area contributed by atoms with E-state index in [0.29, 0.717) is 41.0 Å². The molecule has 0 radical (unpaired) electrons. The number of rotatable bonds is 4. The summed E-state index contributed by atoms with van der Waals surface area (Å²) in [7, 11) is 1.45. The predicted octanol–water partition coefficient (Wildman–Crippen LogP) is 2.52. The van der Waals surface area contributed by atoms with Crippen LogP contribution in [0, 0.1) is 0 Å². The summed E-state index contributed by atoms with van der Waals surface area (Å²) >= 11 is 0. The van der Waals surface area contributed by atoms with Crippen LogP contribution in [0.4, 0.5) is 0 Å². The number of aliphatic hydroxyl groups is 2. The van der Waals surface area contributed by atoms with E-state index in [1.165, 1.54) is 25.3 Å². The third-order valence-electron chi connectivity index (χ3n) is 5.36. The third kappa shape index (κ3) is 2.82. The molecule has 0 spiro atoms. The van der Waals surface area contributed by atoms with E-state index < -0.39 is 17.3 Å². The van der Waals surface area contributed by atoms with Crippen molar-refractivity contribution in [3.05, 3.63) is 41.0 Å². The molecule has 28 heavy (non-hydrogen) atoms. The molecular formula is C21H24O7. The van der Waals surface area contributed by atoms with Crippen LogP contribution in [-0.4, -0.2) is 39.7 Å². The fourth-order valence-corrected chi connectivity index (χ4v) is 3.91. The Hall–Kier alpha value is -2.64. The van der Waals surface area contributed by atoms with Crippen LogP contribution in [-0.2, 0) is 12.0 Å². The van der Waals surface area contributed by atoms with Gasteiger partial charge in [0.15, 0.2) is 23.2 Å². The van der Waals surface area contributed by atoms with Gasteiger partial charge in [0, 0.05) is 22.8 Å². The van der Waals surface area contributed by atoms with Gasteiger partial charge in [-0.2, -0.15) is 0 Å². The maximum absolute atomic E-state index is 11.4. The molecule has 2 aliphatic rings. The van der Waals surface area contributed by atoms with Gasteiger partial charge in [-0.05, 0) is 44.9 Å². The smallest absolute Gasteiger partial charge is 0.168 e. The number of ether oxygens (including phenoxy) is 3. The highest BCUT2D eigenvalue weighted by Crippen LogP contribution is 2.58. The minimum atomic E-state index is -1.49. The predicted molar refractivity (Wildman–Crippen MR) is 100 cm³/mol. The van der Waals surface area contributed by atoms with Crippen molar-refractivity contribution in [1.82, 2.24) is 0 Å². The molecule has 2 heterocycles. The number of hydrogen-bond donors (Lipinski definition) is 4. The molecule has 2 aromatic rings. The highest BCUT2D eigenvalue weighted by Gasteiger charge is 2.54. The summed E-state index contributed by atoms with van der Waals surface area (Å²) in [6.07, 6.45) is 0.0431. The summed E-state index contributed by atoms with van der Waals surface area (Å²) in [5.41, 5.74) is -0.802. The first-order chi connectivity index (χ1) is 13.1. The summed E-state index contributed by atoms with van der Waals surface area (Å²) in [5.74, 6) is 1.08. The normalized spacial score (nSPS) is 22.5. The van der Waals surface area contributed by atoms with E-state index in [-0.39, 0.29) is 23.9 Å². The van der Waals surface area contributed by atoms with Gasteiger partial charge in [0.25, 0.3) is 0 Å². The van der Waals surface area contributed by atoms with Crippen LogP contribution in [0.2, 0.25) is 0 Å². The molecular weight excluding hydrogens is 364 g/mol. The van der Waals surface area contributed by atoms with E-state index in [9.17, 15) is 20.4 Å². The Morgan fingerprint density at radius 3 is 2.68 bits per heavy atom. The molecule has 150 valence electrons. The molecule has 0 amide bonds. The Morgan fingerprint density at radius 2 is 2.00 bits per heavy atom. The summed E-state index contributed by atoms with van der Waals surface area (Å²) in [6, 6.07) is 6.08. The molecule has 0 unspecified atom stereocenters. The number of fused-ring (bicyclic) bond motifs is 5. The SMILES string of the molecule is COc1c(O)cc2c(c1CCC(C)(C)O)O[C@@H]1c3ccc(O)cc3OC[C@]21O. The number of methoxy groups -OCH3 is 1. The molecule has 0 bridgehead atoms. The molecule has 4 rings (SSSR count). The van der Waals surface area contributed by atoms with Gasteiger partial charge in [0.1, 0.15) is 23.9 Å². The van der Waals surface area contributed by atoms with Crippen molar-refractivity contribution in [3.8, 4) is 28.7 Å². The molecule has 0 saturated heterocycles. The summed E-state index contributed by atoms with van der Waals surface area (Å²) < 4.78 is 17.3. The van der Waals surface area contributed by atoms with Crippen molar-refractivity contribution in [2.45, 2.75) is 44.0 Å². The lowest BCUT2D eigenvalue weighted by atomic mass is 9.83. The zero-order valence-electron chi connectivity index (χ0n) is 16.0. The van der Waals surface area contributed by atoms with Gasteiger partial charge in [0.05, 0.1) is 12.7 Å². The number of benzene rings is 2. The molecule has 2 aromatic carbocycles. The summed E-state index contributed by atoms with van der Waals surface area (Å²) in [6.45, 7) is 3.32. The standard InChI is InChI=1S/C21H24O7/c1-20(2,24)7-6-13-17-14(9-15(23)18(13)26-3)21(25)10-27-16-8-11(22)4-5-12(16)19(21)28-17/h4-5,8-9,19,22-25H,6-7,10H2,1-3H3/t19-,21+/m1/s1. The topological polar surface area (TPSA) is 109 Å². The Labute approximate surface area is 162 Å². The minimum absolute atomic E-state index is 0.0601. The van der Waals surface area contributed by atoms with Crippen molar-refractivity contribution < 1.29 is 34.6 Å². The quantitative estimate of drug-likeness (QED) is 0.637. The van der Waals surface area contributed by atoms with Crippen LogP contribution in [0.5, 0.6) is 28.7 Å². The van der Waals surface area contributed by atoms with Crippen molar-refractivity contribution in [3.63, 3.8) is 0 Å². The molecule has 7 heteroatoms. The first-order valence-electron chi connectivity index (χ1n) is 9.14. The number of phenolic OH excluding ortho intramolecular Hbond substituents is 2. The third-order valence-corrected chi connectivity index (χ3v) is 5.36. The van der Waals surface area contributed by atoms with Gasteiger partial charge in [-0.3, -0.25) is 0 Å². The van der Waals surface area contributed by atoms with Gasteiger partial charge in [-0.25, -0.2) is 0 Å². The molecule has 0 fully saturated rings.